The van der Waals surface area contributed by atoms with Crippen LogP contribution in [0.2, 0.25) is 0 Å². The molecule has 0 aliphatic carbocycles. The van der Waals surface area contributed by atoms with Crippen molar-refractivity contribution in [2.45, 2.75) is 38.0 Å². The van der Waals surface area contributed by atoms with Crippen LogP contribution in [-0.4, -0.2) is 40.9 Å². The molecule has 2 heterocycles. The number of hydrogen-bond donors (Lipinski definition) is 3. The number of hydrogen-bond acceptors (Lipinski definition) is 5. The molecule has 2 aliphatic rings. The van der Waals surface area contributed by atoms with E-state index in [2.05, 4.69) is 35.2 Å². The van der Waals surface area contributed by atoms with Gasteiger partial charge in [-0.15, -0.1) is 34.0 Å². The lowest BCUT2D eigenvalue weighted by atomic mass is 9.83. The van der Waals surface area contributed by atoms with E-state index in [0.717, 1.165) is 43.6 Å². The number of aromatic hydroxyl groups is 2. The van der Waals surface area contributed by atoms with E-state index in [0.29, 0.717) is 18.9 Å². The van der Waals surface area contributed by atoms with Crippen LogP contribution in [0.5, 0.6) is 11.5 Å². The molecule has 1 fully saturated rings. The van der Waals surface area contributed by atoms with Crippen LogP contribution in [0.3, 0.4) is 0 Å². The molecule has 160 valence electrons. The fraction of sp³-hybridized carbons (Fsp3) is 0.455. The fourth-order valence-electron chi connectivity index (χ4n) is 4.47. The number of phenolic OH excluding ortho intramolecular Hbond substituents is 2. The quantitative estimate of drug-likeness (QED) is 0.519. The second-order valence-electron chi connectivity index (χ2n) is 7.70. The average molecular weight is 530 g/mol. The van der Waals surface area contributed by atoms with Gasteiger partial charge in [0.25, 0.3) is 0 Å². The topological polar surface area (TPSA) is 79.0 Å². The maximum absolute atomic E-state index is 10.3. The molecule has 2 aliphatic heterocycles. The third kappa shape index (κ3) is 5.33. The van der Waals surface area contributed by atoms with Gasteiger partial charge < -0.3 is 20.7 Å². The zero-order valence-corrected chi connectivity index (χ0v) is 19.8. The number of likely N-dealkylation sites (tertiary alicyclic amines) is 1. The standard InChI is InChI=1S/C22H28N2O3.2BrH/c23-13-21-17-6-7-19(25)22(26)18(17)12-20(27-21)16-8-10-24(11-9-16)14-15-4-2-1-3-5-15;;/h1-7,16,20-21,25-26H,8-14,23H2;2*1H/t20-,21-;;/m0../s1. The van der Waals surface area contributed by atoms with Crippen molar-refractivity contribution in [2.24, 2.45) is 11.7 Å². The van der Waals surface area contributed by atoms with Crippen molar-refractivity contribution in [3.63, 3.8) is 0 Å². The second kappa shape index (κ2) is 10.8. The van der Waals surface area contributed by atoms with Gasteiger partial charge in [0, 0.05) is 25.1 Å². The van der Waals surface area contributed by atoms with Crippen LogP contribution < -0.4 is 5.73 Å². The first kappa shape index (κ1) is 24.2. The summed E-state index contributed by atoms with van der Waals surface area (Å²) in [5.74, 6) is 0.365. The van der Waals surface area contributed by atoms with Gasteiger partial charge in [-0.25, -0.2) is 0 Å². The molecule has 4 N–H and O–H groups in total. The molecule has 0 amide bonds. The van der Waals surface area contributed by atoms with Gasteiger partial charge in [-0.2, -0.15) is 0 Å². The number of benzene rings is 2. The number of phenols is 2. The molecule has 0 unspecified atom stereocenters. The number of nitrogens with zero attached hydrogens (tertiary/aromatic N) is 1. The molecule has 5 nitrogen and oxygen atoms in total. The SMILES string of the molecule is Br.Br.NC[C@@H]1O[C@H](C2CCN(Cc3ccccc3)CC2)Cc2c1ccc(O)c2O. The van der Waals surface area contributed by atoms with E-state index in [1.807, 2.05) is 6.07 Å². The van der Waals surface area contributed by atoms with Gasteiger partial charge in [0.05, 0.1) is 12.2 Å². The normalized spacial score (nSPS) is 22.2. The zero-order valence-electron chi connectivity index (χ0n) is 16.4. The van der Waals surface area contributed by atoms with E-state index in [1.54, 1.807) is 0 Å². The van der Waals surface area contributed by atoms with Crippen molar-refractivity contribution in [1.82, 2.24) is 4.90 Å². The Kier molecular flexibility index (Phi) is 8.97. The van der Waals surface area contributed by atoms with Gasteiger partial charge in [0.2, 0.25) is 0 Å². The van der Waals surface area contributed by atoms with E-state index in [-0.39, 0.29) is 57.7 Å². The van der Waals surface area contributed by atoms with Crippen LogP contribution in [0.25, 0.3) is 0 Å². The molecule has 29 heavy (non-hydrogen) atoms. The summed E-state index contributed by atoms with van der Waals surface area (Å²) in [6, 6.07) is 13.9. The molecule has 0 aromatic heterocycles. The maximum Gasteiger partial charge on any atom is 0.161 e. The predicted octanol–water partition coefficient (Wildman–Crippen LogP) is 4.11. The highest BCUT2D eigenvalue weighted by molar-refractivity contribution is 8.93. The number of fused-ring (bicyclic) bond motifs is 1. The molecule has 0 radical (unpaired) electrons. The van der Waals surface area contributed by atoms with E-state index in [1.165, 1.54) is 11.6 Å². The van der Waals surface area contributed by atoms with Gasteiger partial charge in [0.1, 0.15) is 0 Å². The van der Waals surface area contributed by atoms with Crippen LogP contribution in [0.1, 0.15) is 35.6 Å². The minimum absolute atomic E-state index is 0. The smallest absolute Gasteiger partial charge is 0.161 e. The van der Waals surface area contributed by atoms with Crippen LogP contribution in [0, 0.1) is 5.92 Å². The van der Waals surface area contributed by atoms with Gasteiger partial charge in [-0.1, -0.05) is 36.4 Å². The summed E-state index contributed by atoms with van der Waals surface area (Å²) >= 11 is 0. The molecule has 2 aromatic carbocycles. The van der Waals surface area contributed by atoms with Crippen LogP contribution >= 0.6 is 34.0 Å². The van der Waals surface area contributed by atoms with E-state index in [4.69, 9.17) is 10.5 Å². The highest BCUT2D eigenvalue weighted by Crippen LogP contribution is 2.42. The van der Waals surface area contributed by atoms with Crippen molar-refractivity contribution in [2.75, 3.05) is 19.6 Å². The largest absolute Gasteiger partial charge is 0.504 e. The number of piperidine rings is 1. The monoisotopic (exact) mass is 528 g/mol. The highest BCUT2D eigenvalue weighted by Gasteiger charge is 2.35. The van der Waals surface area contributed by atoms with E-state index >= 15 is 0 Å². The van der Waals surface area contributed by atoms with Crippen LogP contribution in [0.15, 0.2) is 42.5 Å². The molecule has 0 saturated carbocycles. The van der Waals surface area contributed by atoms with Gasteiger partial charge in [-0.05, 0) is 49.0 Å². The number of nitrogens with two attached hydrogens (primary N) is 1. The van der Waals surface area contributed by atoms with Crippen molar-refractivity contribution in [1.29, 1.82) is 0 Å². The Bertz CT molecular complexity index is 783. The second-order valence-corrected chi connectivity index (χ2v) is 7.70. The van der Waals surface area contributed by atoms with E-state index < -0.39 is 0 Å². The molecule has 0 spiro atoms. The van der Waals surface area contributed by atoms with Crippen molar-refractivity contribution in [3.8, 4) is 11.5 Å². The Morgan fingerprint density at radius 3 is 2.34 bits per heavy atom. The Morgan fingerprint density at radius 2 is 1.69 bits per heavy atom. The number of halogens is 2. The minimum atomic E-state index is -0.215. The number of ether oxygens (including phenoxy) is 1. The van der Waals surface area contributed by atoms with Gasteiger partial charge in [-0.3, -0.25) is 4.90 Å². The Morgan fingerprint density at radius 1 is 1.00 bits per heavy atom. The van der Waals surface area contributed by atoms with Gasteiger partial charge in [0.15, 0.2) is 11.5 Å². The Labute approximate surface area is 193 Å². The first-order valence-corrected chi connectivity index (χ1v) is 9.81. The van der Waals surface area contributed by atoms with Crippen molar-refractivity contribution >= 4 is 34.0 Å². The molecule has 7 heteroatoms. The molecular weight excluding hydrogens is 500 g/mol. The Hall–Kier alpha value is -1.12. The summed E-state index contributed by atoms with van der Waals surface area (Å²) in [7, 11) is 0. The number of rotatable bonds is 4. The predicted molar refractivity (Wildman–Crippen MR) is 125 cm³/mol. The summed E-state index contributed by atoms with van der Waals surface area (Å²) < 4.78 is 6.31. The van der Waals surface area contributed by atoms with Crippen molar-refractivity contribution in [3.05, 3.63) is 59.2 Å². The summed E-state index contributed by atoms with van der Waals surface area (Å²) in [5.41, 5.74) is 8.99. The van der Waals surface area contributed by atoms with Crippen LogP contribution in [-0.2, 0) is 17.7 Å². The van der Waals surface area contributed by atoms with Crippen molar-refractivity contribution < 1.29 is 14.9 Å². The third-order valence-corrected chi connectivity index (χ3v) is 6.01. The van der Waals surface area contributed by atoms with Crippen LogP contribution in [0.4, 0.5) is 0 Å². The molecule has 2 atom stereocenters. The highest BCUT2D eigenvalue weighted by atomic mass is 79.9. The molecule has 0 bridgehead atoms. The minimum Gasteiger partial charge on any atom is -0.504 e. The zero-order chi connectivity index (χ0) is 18.8. The molecule has 1 saturated heterocycles. The van der Waals surface area contributed by atoms with Gasteiger partial charge >= 0.3 is 0 Å². The first-order valence-electron chi connectivity index (χ1n) is 9.81. The summed E-state index contributed by atoms with van der Waals surface area (Å²) in [6.45, 7) is 3.46. The third-order valence-electron chi connectivity index (χ3n) is 6.01. The summed E-state index contributed by atoms with van der Waals surface area (Å²) in [5, 5.41) is 20.2. The Balaban J connectivity index is 0.00000150. The van der Waals surface area contributed by atoms with E-state index in [9.17, 15) is 10.2 Å². The molecule has 2 aromatic rings. The fourth-order valence-corrected chi connectivity index (χ4v) is 4.47. The molecular formula is C22H30Br2N2O3. The molecule has 4 rings (SSSR count). The lowest BCUT2D eigenvalue weighted by Gasteiger charge is -2.40. The summed E-state index contributed by atoms with van der Waals surface area (Å²) in [6.07, 6.45) is 2.60. The maximum atomic E-state index is 10.3. The lowest BCUT2D eigenvalue weighted by Crippen LogP contribution is -2.41. The lowest BCUT2D eigenvalue weighted by molar-refractivity contribution is -0.0651. The average Bonchev–Trinajstić information content (AvgIpc) is 2.71. The summed E-state index contributed by atoms with van der Waals surface area (Å²) in [4.78, 5) is 2.49. The first-order chi connectivity index (χ1) is 13.2.